The van der Waals surface area contributed by atoms with Gasteiger partial charge in [-0.2, -0.15) is 0 Å². The third-order valence-electron chi connectivity index (χ3n) is 2.62. The van der Waals surface area contributed by atoms with Crippen molar-refractivity contribution in [1.82, 2.24) is 0 Å². The third-order valence-corrected chi connectivity index (χ3v) is 2.62. The van der Waals surface area contributed by atoms with E-state index in [2.05, 4.69) is 26.0 Å². The van der Waals surface area contributed by atoms with Crippen molar-refractivity contribution in [1.29, 1.82) is 0 Å². The van der Waals surface area contributed by atoms with E-state index < -0.39 is 0 Å². The van der Waals surface area contributed by atoms with Crippen molar-refractivity contribution in [2.75, 3.05) is 0 Å². The molecular formula is C14H22. The lowest BCUT2D eigenvalue weighted by molar-refractivity contribution is 0.359. The standard InChI is InChI=1S/C14H22/c1-5-8-10-12-14(4,7-3)13-11-9-6-2/h3,5-6H,1-2,8-13H2,4H3. The molecule has 0 rings (SSSR count). The average Bonchev–Trinajstić information content (AvgIpc) is 2.19. The Morgan fingerprint density at radius 1 is 1.14 bits per heavy atom. The van der Waals surface area contributed by atoms with Gasteiger partial charge in [0.25, 0.3) is 0 Å². The topological polar surface area (TPSA) is 0 Å². The molecule has 0 spiro atoms. The summed E-state index contributed by atoms with van der Waals surface area (Å²) in [5.74, 6) is 2.93. The van der Waals surface area contributed by atoms with Gasteiger partial charge < -0.3 is 0 Å². The fraction of sp³-hybridized carbons (Fsp3) is 0.571. The van der Waals surface area contributed by atoms with Crippen LogP contribution in [-0.4, -0.2) is 0 Å². The summed E-state index contributed by atoms with van der Waals surface area (Å²) in [7, 11) is 0. The zero-order valence-corrected chi connectivity index (χ0v) is 9.39. The first-order valence-electron chi connectivity index (χ1n) is 5.38. The number of allylic oxidation sites excluding steroid dienone is 2. The van der Waals surface area contributed by atoms with Crippen LogP contribution in [0.4, 0.5) is 0 Å². The molecule has 78 valence electrons. The summed E-state index contributed by atoms with van der Waals surface area (Å²) < 4.78 is 0. The van der Waals surface area contributed by atoms with E-state index in [4.69, 9.17) is 6.42 Å². The van der Waals surface area contributed by atoms with Crippen molar-refractivity contribution in [3.63, 3.8) is 0 Å². The van der Waals surface area contributed by atoms with Crippen LogP contribution in [0.3, 0.4) is 0 Å². The highest BCUT2D eigenvalue weighted by Gasteiger charge is 2.19. The molecule has 0 atom stereocenters. The van der Waals surface area contributed by atoms with Crippen molar-refractivity contribution in [2.24, 2.45) is 5.41 Å². The maximum atomic E-state index is 5.57. The molecule has 0 saturated heterocycles. The van der Waals surface area contributed by atoms with Crippen LogP contribution >= 0.6 is 0 Å². The lowest BCUT2D eigenvalue weighted by Crippen LogP contribution is -2.13. The Morgan fingerprint density at radius 2 is 1.57 bits per heavy atom. The molecule has 0 amide bonds. The minimum absolute atomic E-state index is 0.0754. The summed E-state index contributed by atoms with van der Waals surface area (Å²) in [6.07, 6.45) is 16.1. The van der Waals surface area contributed by atoms with E-state index in [1.165, 1.54) is 0 Å². The van der Waals surface area contributed by atoms with Crippen LogP contribution < -0.4 is 0 Å². The van der Waals surface area contributed by atoms with E-state index in [1.54, 1.807) is 0 Å². The highest BCUT2D eigenvalue weighted by Crippen LogP contribution is 2.29. The fourth-order valence-corrected chi connectivity index (χ4v) is 1.54. The molecule has 0 saturated carbocycles. The molecule has 0 aromatic heterocycles. The van der Waals surface area contributed by atoms with Gasteiger partial charge in [0.1, 0.15) is 0 Å². The molecular weight excluding hydrogens is 168 g/mol. The first-order chi connectivity index (χ1) is 6.68. The van der Waals surface area contributed by atoms with Crippen LogP contribution in [-0.2, 0) is 0 Å². The van der Waals surface area contributed by atoms with E-state index in [0.717, 1.165) is 38.5 Å². The molecule has 0 unspecified atom stereocenters. The molecule has 0 fully saturated rings. The zero-order chi connectivity index (χ0) is 10.9. The Bertz CT molecular complexity index is 191. The quantitative estimate of drug-likeness (QED) is 0.303. The Hall–Kier alpha value is -0.960. The molecule has 0 aliphatic rings. The Balaban J connectivity index is 3.86. The molecule has 0 heterocycles. The van der Waals surface area contributed by atoms with Gasteiger partial charge in [-0.25, -0.2) is 0 Å². The Labute approximate surface area is 89.1 Å². The average molecular weight is 190 g/mol. The molecule has 0 aromatic carbocycles. The zero-order valence-electron chi connectivity index (χ0n) is 9.39. The van der Waals surface area contributed by atoms with Crippen LogP contribution in [0.5, 0.6) is 0 Å². The van der Waals surface area contributed by atoms with Gasteiger partial charge in [-0.3, -0.25) is 0 Å². The summed E-state index contributed by atoms with van der Waals surface area (Å²) in [5, 5.41) is 0. The summed E-state index contributed by atoms with van der Waals surface area (Å²) in [5.41, 5.74) is 0.0754. The van der Waals surface area contributed by atoms with Gasteiger partial charge >= 0.3 is 0 Å². The molecule has 0 heteroatoms. The first kappa shape index (κ1) is 13.0. The second kappa shape index (κ2) is 7.44. The maximum absolute atomic E-state index is 5.57. The predicted octanol–water partition coefficient (Wildman–Crippen LogP) is 4.34. The van der Waals surface area contributed by atoms with Crippen molar-refractivity contribution in [2.45, 2.75) is 45.4 Å². The van der Waals surface area contributed by atoms with Gasteiger partial charge in [-0.15, -0.1) is 25.5 Å². The van der Waals surface area contributed by atoms with Crippen molar-refractivity contribution in [3.05, 3.63) is 25.3 Å². The Kier molecular flexibility index (Phi) is 6.93. The van der Waals surface area contributed by atoms with Gasteiger partial charge in [-0.05, 0) is 45.4 Å². The lowest BCUT2D eigenvalue weighted by Gasteiger charge is -2.22. The second-order valence-corrected chi connectivity index (χ2v) is 4.07. The van der Waals surface area contributed by atoms with E-state index >= 15 is 0 Å². The highest BCUT2D eigenvalue weighted by molar-refractivity contribution is 5.03. The maximum Gasteiger partial charge on any atom is 0.0284 e. The molecule has 0 nitrogen and oxygen atoms in total. The van der Waals surface area contributed by atoms with Gasteiger partial charge in [0, 0.05) is 5.41 Å². The third kappa shape index (κ3) is 5.65. The van der Waals surface area contributed by atoms with Crippen molar-refractivity contribution >= 4 is 0 Å². The van der Waals surface area contributed by atoms with E-state index in [1.807, 2.05) is 12.2 Å². The smallest absolute Gasteiger partial charge is 0.0284 e. The van der Waals surface area contributed by atoms with Crippen molar-refractivity contribution < 1.29 is 0 Å². The minimum Gasteiger partial charge on any atom is -0.120 e. The van der Waals surface area contributed by atoms with Gasteiger partial charge in [0.05, 0.1) is 0 Å². The minimum atomic E-state index is 0.0754. The number of terminal acetylenes is 1. The van der Waals surface area contributed by atoms with Gasteiger partial charge in [-0.1, -0.05) is 12.2 Å². The monoisotopic (exact) mass is 190 g/mol. The highest BCUT2D eigenvalue weighted by atomic mass is 14.2. The number of unbranched alkanes of at least 4 members (excludes halogenated alkanes) is 2. The number of hydrogen-bond donors (Lipinski definition) is 0. The number of hydrogen-bond acceptors (Lipinski definition) is 0. The summed E-state index contributed by atoms with van der Waals surface area (Å²) in [4.78, 5) is 0. The van der Waals surface area contributed by atoms with Crippen LogP contribution in [0.1, 0.15) is 45.4 Å². The summed E-state index contributed by atoms with van der Waals surface area (Å²) >= 11 is 0. The largest absolute Gasteiger partial charge is 0.120 e. The summed E-state index contributed by atoms with van der Waals surface area (Å²) in [6.45, 7) is 9.61. The summed E-state index contributed by atoms with van der Waals surface area (Å²) in [6, 6.07) is 0. The van der Waals surface area contributed by atoms with E-state index in [-0.39, 0.29) is 5.41 Å². The predicted molar refractivity (Wildman–Crippen MR) is 65.0 cm³/mol. The second-order valence-electron chi connectivity index (χ2n) is 4.07. The SMILES string of the molecule is C#CC(C)(CCCC=C)CCCC=C. The van der Waals surface area contributed by atoms with Crippen LogP contribution in [0.2, 0.25) is 0 Å². The molecule has 0 N–H and O–H groups in total. The van der Waals surface area contributed by atoms with Gasteiger partial charge in [0.15, 0.2) is 0 Å². The lowest BCUT2D eigenvalue weighted by atomic mass is 9.81. The van der Waals surface area contributed by atoms with Crippen molar-refractivity contribution in [3.8, 4) is 12.3 Å². The molecule has 0 bridgehead atoms. The molecule has 0 radical (unpaired) electrons. The first-order valence-corrected chi connectivity index (χ1v) is 5.38. The van der Waals surface area contributed by atoms with E-state index in [0.29, 0.717) is 0 Å². The van der Waals surface area contributed by atoms with Crippen LogP contribution in [0.25, 0.3) is 0 Å². The van der Waals surface area contributed by atoms with Crippen LogP contribution in [0, 0.1) is 17.8 Å². The Morgan fingerprint density at radius 3 is 1.86 bits per heavy atom. The molecule has 0 aliphatic heterocycles. The number of rotatable bonds is 8. The molecule has 0 aliphatic carbocycles. The normalized spacial score (nSPS) is 10.6. The fourth-order valence-electron chi connectivity index (χ4n) is 1.54. The molecule has 0 aromatic rings. The van der Waals surface area contributed by atoms with Crippen LogP contribution in [0.15, 0.2) is 25.3 Å². The molecule has 14 heavy (non-hydrogen) atoms. The van der Waals surface area contributed by atoms with E-state index in [9.17, 15) is 0 Å². The van der Waals surface area contributed by atoms with Gasteiger partial charge in [0.2, 0.25) is 0 Å².